The molecule has 0 radical (unpaired) electrons. The van der Waals surface area contributed by atoms with E-state index < -0.39 is 18.6 Å². The number of nitrogens with zero attached hydrogens (tertiary/aromatic N) is 6. The molecule has 0 fully saturated rings. The van der Waals surface area contributed by atoms with Crippen molar-refractivity contribution in [3.63, 3.8) is 0 Å². The fourth-order valence-electron chi connectivity index (χ4n) is 4.24. The first-order valence-corrected chi connectivity index (χ1v) is 12.5. The quantitative estimate of drug-likeness (QED) is 0.327. The third-order valence-electron chi connectivity index (χ3n) is 6.25. The number of rotatable bonds is 7. The largest absolute Gasteiger partial charge is 0.479 e. The van der Waals surface area contributed by atoms with Gasteiger partial charge in [-0.15, -0.1) is 33.9 Å². The number of aromatic nitrogens is 5. The molecular weight excluding hydrogens is 544 g/mol. The van der Waals surface area contributed by atoms with Crippen molar-refractivity contribution < 1.29 is 24.2 Å². The molecule has 0 saturated carbocycles. The second kappa shape index (κ2) is 11.3. The van der Waals surface area contributed by atoms with E-state index in [4.69, 9.17) is 19.6 Å². The zero-order valence-corrected chi connectivity index (χ0v) is 23.2. The minimum atomic E-state index is -1.09. The number of carboxylic acid groups (broad SMARTS) is 1. The Morgan fingerprint density at radius 2 is 1.77 bits per heavy atom. The molecule has 13 heteroatoms. The van der Waals surface area contributed by atoms with E-state index in [0.29, 0.717) is 11.5 Å². The number of hydrogen-bond acceptors (Lipinski definition) is 10. The molecule has 5 rings (SSSR count). The maximum atomic E-state index is 12.3. The summed E-state index contributed by atoms with van der Waals surface area (Å²) >= 11 is 1.64. The summed E-state index contributed by atoms with van der Waals surface area (Å²) in [5.41, 5.74) is 5.14. The minimum Gasteiger partial charge on any atom is -0.479 e. The van der Waals surface area contributed by atoms with E-state index in [0.717, 1.165) is 43.7 Å². The van der Waals surface area contributed by atoms with Crippen LogP contribution in [-0.2, 0) is 14.3 Å². The van der Waals surface area contributed by atoms with Gasteiger partial charge in [0.15, 0.2) is 12.4 Å². The Kier molecular flexibility index (Phi) is 8.07. The summed E-state index contributed by atoms with van der Waals surface area (Å²) in [6, 6.07) is 7.17. The summed E-state index contributed by atoms with van der Waals surface area (Å²) in [6.45, 7) is 5.54. The zero-order chi connectivity index (χ0) is 27.0. The van der Waals surface area contributed by atoms with Crippen LogP contribution >= 0.6 is 23.7 Å². The molecule has 1 atom stereocenters. The Morgan fingerprint density at radius 3 is 2.41 bits per heavy atom. The molecule has 0 aliphatic carbocycles. The van der Waals surface area contributed by atoms with E-state index >= 15 is 0 Å². The topological polar surface area (TPSA) is 142 Å². The molecule has 1 aromatic carbocycles. The van der Waals surface area contributed by atoms with Gasteiger partial charge >= 0.3 is 11.9 Å². The lowest BCUT2D eigenvalue weighted by Gasteiger charge is -2.12. The number of ether oxygens (including phenoxy) is 2. The zero-order valence-electron chi connectivity index (χ0n) is 21.5. The van der Waals surface area contributed by atoms with Gasteiger partial charge < -0.3 is 14.6 Å². The van der Waals surface area contributed by atoms with Crippen LogP contribution in [0.4, 0.5) is 0 Å². The normalized spacial score (nSPS) is 13.8. The summed E-state index contributed by atoms with van der Waals surface area (Å²) in [7, 11) is 1.36. The molecule has 0 amide bonds. The van der Waals surface area contributed by atoms with Gasteiger partial charge in [0.1, 0.15) is 16.9 Å². The molecule has 11 nitrogen and oxygen atoms in total. The Hall–Kier alpha value is -4.16. The van der Waals surface area contributed by atoms with Gasteiger partial charge in [0.05, 0.1) is 37.3 Å². The lowest BCUT2D eigenvalue weighted by Crippen LogP contribution is -2.12. The molecule has 1 aliphatic heterocycles. The van der Waals surface area contributed by atoms with E-state index in [1.165, 1.54) is 19.5 Å². The van der Waals surface area contributed by atoms with Crippen molar-refractivity contribution in [1.82, 2.24) is 24.7 Å². The molecule has 4 aromatic rings. The fourth-order valence-corrected chi connectivity index (χ4v) is 5.45. The molecular formula is C26H25ClN6O5S. The van der Waals surface area contributed by atoms with Gasteiger partial charge in [0.25, 0.3) is 0 Å². The number of carboxylic acids is 1. The van der Waals surface area contributed by atoms with Gasteiger partial charge in [-0.25, -0.2) is 14.8 Å². The molecule has 3 aromatic heterocycles. The maximum absolute atomic E-state index is 12.3. The third kappa shape index (κ3) is 5.38. The summed E-state index contributed by atoms with van der Waals surface area (Å²) in [6.07, 6.45) is 2.95. The van der Waals surface area contributed by atoms with Crippen LogP contribution in [0.25, 0.3) is 16.3 Å². The van der Waals surface area contributed by atoms with Crippen molar-refractivity contribution in [2.45, 2.75) is 33.2 Å². The number of carbonyl (C=O) groups is 2. The summed E-state index contributed by atoms with van der Waals surface area (Å²) in [5, 5.41) is 18.4. The van der Waals surface area contributed by atoms with Crippen LogP contribution in [0.5, 0.6) is 5.88 Å². The standard InChI is InChI=1S/C26H24N6O5S.ClH/c1-13-14(2)38-26-23(13)24(29-18(9-22(35)36-4)25-31-30-15(3)32(25)26)17-7-5-16(6-8-17)19-10-28-20(11-27-19)37-12-21(33)34;/h5-8,10-11,18H,9,12H2,1-4H3,(H,33,34);1H/t18-;/m0./s1. The summed E-state index contributed by atoms with van der Waals surface area (Å²) < 4.78 is 12.0. The van der Waals surface area contributed by atoms with Gasteiger partial charge in [-0.05, 0) is 26.3 Å². The Balaban J connectivity index is 0.00000353. The van der Waals surface area contributed by atoms with Gasteiger partial charge in [0.2, 0.25) is 5.88 Å². The average Bonchev–Trinajstić information content (AvgIpc) is 3.39. The first-order chi connectivity index (χ1) is 18.3. The highest BCUT2D eigenvalue weighted by Crippen LogP contribution is 2.39. The number of aryl methyl sites for hydroxylation is 2. The predicted octanol–water partition coefficient (Wildman–Crippen LogP) is 4.05. The number of thiophene rings is 1. The van der Waals surface area contributed by atoms with Crippen LogP contribution in [0.15, 0.2) is 41.7 Å². The molecule has 0 bridgehead atoms. The Morgan fingerprint density at radius 1 is 1.05 bits per heavy atom. The fraction of sp³-hybridized carbons (Fsp3) is 0.269. The third-order valence-corrected chi connectivity index (χ3v) is 7.45. The van der Waals surface area contributed by atoms with E-state index in [1.807, 2.05) is 35.8 Å². The van der Waals surface area contributed by atoms with Gasteiger partial charge in [0, 0.05) is 21.6 Å². The lowest BCUT2D eigenvalue weighted by atomic mass is 9.98. The number of benzene rings is 1. The molecule has 1 aliphatic rings. The van der Waals surface area contributed by atoms with Gasteiger partial charge in [-0.1, -0.05) is 24.3 Å². The SMILES string of the molecule is COC(=O)C[C@@H]1N=C(c2ccc(-c3cnc(OCC(=O)O)cn3)cc2)c2c(sc(C)c2C)-n2c(C)nnc21.Cl. The molecule has 4 heterocycles. The number of aliphatic imine (C=N–C) groups is 1. The lowest BCUT2D eigenvalue weighted by molar-refractivity contribution is -0.141. The number of methoxy groups -OCH3 is 1. The highest BCUT2D eigenvalue weighted by atomic mass is 35.5. The molecule has 39 heavy (non-hydrogen) atoms. The first-order valence-electron chi connectivity index (χ1n) is 11.7. The number of halogens is 1. The summed E-state index contributed by atoms with van der Waals surface area (Å²) in [4.78, 5) is 37.7. The van der Waals surface area contributed by atoms with Gasteiger partial charge in [-0.2, -0.15) is 0 Å². The van der Waals surface area contributed by atoms with Crippen LogP contribution in [-0.4, -0.2) is 61.2 Å². The van der Waals surface area contributed by atoms with Crippen LogP contribution in [0, 0.1) is 20.8 Å². The summed E-state index contributed by atoms with van der Waals surface area (Å²) in [5.74, 6) is -0.0135. The van der Waals surface area contributed by atoms with E-state index in [1.54, 1.807) is 11.3 Å². The molecule has 1 N–H and O–H groups in total. The van der Waals surface area contributed by atoms with Crippen molar-refractivity contribution in [2.24, 2.45) is 4.99 Å². The van der Waals surface area contributed by atoms with Crippen LogP contribution < -0.4 is 4.74 Å². The Labute approximate surface area is 234 Å². The van der Waals surface area contributed by atoms with E-state index in [-0.39, 0.29) is 30.7 Å². The molecule has 202 valence electrons. The van der Waals surface area contributed by atoms with Crippen molar-refractivity contribution >= 4 is 41.4 Å². The van der Waals surface area contributed by atoms with Crippen molar-refractivity contribution in [3.05, 3.63) is 69.9 Å². The van der Waals surface area contributed by atoms with Crippen LogP contribution in [0.3, 0.4) is 0 Å². The first kappa shape index (κ1) is 27.9. The molecule has 0 saturated heterocycles. The number of aliphatic carboxylic acids is 1. The van der Waals surface area contributed by atoms with Gasteiger partial charge in [-0.3, -0.25) is 14.4 Å². The second-order valence-electron chi connectivity index (χ2n) is 8.68. The molecule has 0 unspecified atom stereocenters. The smallest absolute Gasteiger partial charge is 0.341 e. The van der Waals surface area contributed by atoms with Crippen molar-refractivity contribution in [2.75, 3.05) is 13.7 Å². The minimum absolute atomic E-state index is 0. The number of esters is 1. The number of hydrogen-bond donors (Lipinski definition) is 1. The monoisotopic (exact) mass is 568 g/mol. The van der Waals surface area contributed by atoms with Crippen molar-refractivity contribution in [1.29, 1.82) is 0 Å². The second-order valence-corrected chi connectivity index (χ2v) is 9.88. The van der Waals surface area contributed by atoms with E-state index in [2.05, 4.69) is 34.0 Å². The average molecular weight is 569 g/mol. The number of carbonyl (C=O) groups excluding carboxylic acids is 1. The van der Waals surface area contributed by atoms with Crippen LogP contribution in [0.1, 0.15) is 45.7 Å². The van der Waals surface area contributed by atoms with Crippen molar-refractivity contribution in [3.8, 4) is 22.1 Å². The predicted molar refractivity (Wildman–Crippen MR) is 146 cm³/mol. The maximum Gasteiger partial charge on any atom is 0.341 e. The number of fused-ring (bicyclic) bond motifs is 3. The van der Waals surface area contributed by atoms with Crippen LogP contribution in [0.2, 0.25) is 0 Å². The highest BCUT2D eigenvalue weighted by molar-refractivity contribution is 7.15. The highest BCUT2D eigenvalue weighted by Gasteiger charge is 2.32. The Bertz CT molecular complexity index is 1560. The molecule has 0 spiro atoms. The van der Waals surface area contributed by atoms with E-state index in [9.17, 15) is 9.59 Å².